The van der Waals surface area contributed by atoms with Crippen molar-refractivity contribution >= 4 is 45.6 Å². The molecule has 1 aromatic heterocycles. The van der Waals surface area contributed by atoms with E-state index < -0.39 is 10.3 Å². The van der Waals surface area contributed by atoms with Gasteiger partial charge in [0.15, 0.2) is 5.13 Å². The molecule has 4 nitrogen and oxygen atoms in total. The topological polar surface area (TPSA) is 76.2 Å². The average Bonchev–Trinajstić information content (AvgIpc) is 2.72. The van der Waals surface area contributed by atoms with Gasteiger partial charge in [0, 0.05) is 23.3 Å². The Hall–Kier alpha value is -0.780. The molecule has 0 radical (unpaired) electrons. The van der Waals surface area contributed by atoms with Gasteiger partial charge in [0.25, 0.3) is 0 Å². The Morgan fingerprint density at radius 1 is 1.55 bits per heavy atom. The molecule has 3 N–H and O–H groups in total. The van der Waals surface area contributed by atoms with Crippen LogP contribution in [0.4, 0.5) is 5.13 Å². The number of halogens is 2. The number of carbonyl (C=O) groups is 1. The van der Waals surface area contributed by atoms with E-state index in [0.717, 1.165) is 18.5 Å². The van der Waals surface area contributed by atoms with Crippen molar-refractivity contribution in [1.29, 1.82) is 0 Å². The minimum absolute atomic E-state index is 0.0490. The van der Waals surface area contributed by atoms with Gasteiger partial charge in [0.2, 0.25) is 0 Å². The number of carboxylic acid groups (broad SMARTS) is 1. The molecule has 3 rings (SSSR count). The number of aliphatic carboxylic acids is 1. The smallest absolute Gasteiger partial charge is 0.327 e. The molecule has 0 spiro atoms. The van der Waals surface area contributed by atoms with E-state index in [-0.39, 0.29) is 23.7 Å². The molecule has 0 saturated heterocycles. The van der Waals surface area contributed by atoms with Gasteiger partial charge in [-0.2, -0.15) is 0 Å². The lowest BCUT2D eigenvalue weighted by molar-refractivity contribution is -0.131. The van der Waals surface area contributed by atoms with Gasteiger partial charge in [0.1, 0.15) is 4.33 Å². The molecule has 4 unspecified atom stereocenters. The summed E-state index contributed by atoms with van der Waals surface area (Å²) in [5, 5.41) is 11.2. The fourth-order valence-corrected chi connectivity index (χ4v) is 4.92. The highest BCUT2D eigenvalue weighted by atomic mass is 35.5. The molecule has 1 aromatic rings. The number of rotatable bonds is 3. The van der Waals surface area contributed by atoms with Crippen LogP contribution < -0.4 is 5.73 Å². The summed E-state index contributed by atoms with van der Waals surface area (Å²) in [4.78, 5) is 15.1. The number of hydrogen-bond acceptors (Lipinski definition) is 4. The van der Waals surface area contributed by atoms with Gasteiger partial charge in [-0.25, -0.2) is 9.78 Å². The average molecular weight is 333 g/mol. The molecule has 2 fully saturated rings. The number of nitrogens with zero attached hydrogens (tertiary/aromatic N) is 1. The van der Waals surface area contributed by atoms with Crippen LogP contribution in [0.5, 0.6) is 0 Å². The Kier molecular flexibility index (Phi) is 3.47. The molecule has 108 valence electrons. The van der Waals surface area contributed by atoms with Gasteiger partial charge in [-0.1, -0.05) is 6.08 Å². The number of anilines is 1. The second-order valence-corrected chi connectivity index (χ2v) is 7.72. The van der Waals surface area contributed by atoms with Crippen molar-refractivity contribution in [2.24, 2.45) is 17.8 Å². The molecule has 0 bridgehead atoms. The van der Waals surface area contributed by atoms with E-state index in [0.29, 0.717) is 5.13 Å². The van der Waals surface area contributed by atoms with Crippen LogP contribution in [-0.4, -0.2) is 20.4 Å². The Labute approximate surface area is 130 Å². The number of fused-ring (bicyclic) bond motifs is 1. The number of carboxylic acids is 1. The van der Waals surface area contributed by atoms with Crippen molar-refractivity contribution in [3.8, 4) is 0 Å². The van der Waals surface area contributed by atoms with Crippen LogP contribution in [0.1, 0.15) is 24.5 Å². The number of hydrogen-bond donors (Lipinski definition) is 2. The molecule has 2 aliphatic carbocycles. The molecule has 0 aromatic carbocycles. The van der Waals surface area contributed by atoms with Crippen LogP contribution in [0.3, 0.4) is 0 Å². The van der Waals surface area contributed by atoms with Gasteiger partial charge in [-0.05, 0) is 24.7 Å². The number of allylic oxidation sites excluding steroid dienone is 1. The zero-order chi connectivity index (χ0) is 14.5. The first-order valence-corrected chi connectivity index (χ1v) is 8.04. The molecule has 20 heavy (non-hydrogen) atoms. The van der Waals surface area contributed by atoms with Gasteiger partial charge in [-0.15, -0.1) is 34.5 Å². The number of nitrogen functional groups attached to an aromatic ring is 1. The standard InChI is InChI=1S/C13H14Cl2N2O2S/c14-13(15)7-3-1-6(2-4-9(18)19)10(11(7)13)8-5-20-12(16)17-8/h2,4-7,10-11H,1,3H2,(H2,16,17)(H,18,19). The summed E-state index contributed by atoms with van der Waals surface area (Å²) >= 11 is 14.1. The van der Waals surface area contributed by atoms with Crippen molar-refractivity contribution in [3.05, 3.63) is 23.2 Å². The quantitative estimate of drug-likeness (QED) is 0.657. The Morgan fingerprint density at radius 2 is 2.30 bits per heavy atom. The fourth-order valence-electron chi connectivity index (χ4n) is 3.37. The molecule has 0 aliphatic heterocycles. The van der Waals surface area contributed by atoms with E-state index in [1.807, 2.05) is 5.38 Å². The predicted molar refractivity (Wildman–Crippen MR) is 80.2 cm³/mol. The summed E-state index contributed by atoms with van der Waals surface area (Å²) < 4.78 is -0.713. The molecule has 0 amide bonds. The van der Waals surface area contributed by atoms with Crippen LogP contribution in [0.2, 0.25) is 0 Å². The summed E-state index contributed by atoms with van der Waals surface area (Å²) in [6, 6.07) is 0. The minimum atomic E-state index is -0.942. The first kappa shape index (κ1) is 14.2. The highest BCUT2D eigenvalue weighted by molar-refractivity contribution is 7.13. The number of aromatic nitrogens is 1. The van der Waals surface area contributed by atoms with E-state index in [1.54, 1.807) is 6.08 Å². The second-order valence-electron chi connectivity index (χ2n) is 5.38. The molecule has 7 heteroatoms. The van der Waals surface area contributed by atoms with Crippen LogP contribution in [0.25, 0.3) is 0 Å². The van der Waals surface area contributed by atoms with E-state index in [1.165, 1.54) is 17.4 Å². The van der Waals surface area contributed by atoms with Crippen molar-refractivity contribution in [3.63, 3.8) is 0 Å². The molecule has 4 atom stereocenters. The Balaban J connectivity index is 1.92. The monoisotopic (exact) mass is 332 g/mol. The summed E-state index contributed by atoms with van der Waals surface area (Å²) in [6.07, 6.45) is 4.72. The fraction of sp³-hybridized carbons (Fsp3) is 0.538. The van der Waals surface area contributed by atoms with Crippen molar-refractivity contribution in [2.45, 2.75) is 23.1 Å². The molecule has 2 aliphatic rings. The SMILES string of the molecule is Nc1nc(C2C(C=CC(=O)O)CCC3C2C3(Cl)Cl)cs1. The van der Waals surface area contributed by atoms with E-state index in [4.69, 9.17) is 34.0 Å². The van der Waals surface area contributed by atoms with Gasteiger partial charge in [-0.3, -0.25) is 0 Å². The third-order valence-corrected chi connectivity index (χ3v) is 6.05. The number of thiazole rings is 1. The first-order valence-electron chi connectivity index (χ1n) is 6.41. The van der Waals surface area contributed by atoms with Crippen LogP contribution in [0, 0.1) is 17.8 Å². The van der Waals surface area contributed by atoms with E-state index >= 15 is 0 Å². The van der Waals surface area contributed by atoms with Crippen molar-refractivity contribution < 1.29 is 9.90 Å². The maximum atomic E-state index is 10.7. The number of alkyl halides is 2. The van der Waals surface area contributed by atoms with E-state index in [2.05, 4.69) is 4.98 Å². The summed E-state index contributed by atoms with van der Waals surface area (Å²) in [5.41, 5.74) is 6.59. The highest BCUT2D eigenvalue weighted by Gasteiger charge is 2.68. The highest BCUT2D eigenvalue weighted by Crippen LogP contribution is 2.70. The maximum Gasteiger partial charge on any atom is 0.327 e. The Morgan fingerprint density at radius 3 is 2.90 bits per heavy atom. The first-order chi connectivity index (χ1) is 9.41. The summed E-state index contributed by atoms with van der Waals surface area (Å²) in [7, 11) is 0. The van der Waals surface area contributed by atoms with Crippen molar-refractivity contribution in [1.82, 2.24) is 4.98 Å². The lowest BCUT2D eigenvalue weighted by atomic mass is 9.77. The largest absolute Gasteiger partial charge is 0.478 e. The van der Waals surface area contributed by atoms with E-state index in [9.17, 15) is 4.79 Å². The third-order valence-electron chi connectivity index (χ3n) is 4.29. The van der Waals surface area contributed by atoms with Crippen LogP contribution in [0.15, 0.2) is 17.5 Å². The molecular weight excluding hydrogens is 319 g/mol. The second kappa shape index (κ2) is 4.90. The minimum Gasteiger partial charge on any atom is -0.478 e. The normalized spacial score (nSPS) is 34.9. The third kappa shape index (κ3) is 2.32. The zero-order valence-corrected chi connectivity index (χ0v) is 12.8. The molecule has 2 saturated carbocycles. The lowest BCUT2D eigenvalue weighted by Gasteiger charge is -2.27. The van der Waals surface area contributed by atoms with Crippen LogP contribution in [-0.2, 0) is 4.79 Å². The van der Waals surface area contributed by atoms with Crippen molar-refractivity contribution in [2.75, 3.05) is 5.73 Å². The summed E-state index contributed by atoms with van der Waals surface area (Å²) in [6.45, 7) is 0. The van der Waals surface area contributed by atoms with Crippen LogP contribution >= 0.6 is 34.5 Å². The number of nitrogens with two attached hydrogens (primary N) is 1. The summed E-state index contributed by atoms with van der Waals surface area (Å²) in [5.74, 6) is -0.402. The Bertz CT molecular complexity index is 572. The molecular formula is C13H14Cl2N2O2S. The maximum absolute atomic E-state index is 10.7. The predicted octanol–water partition coefficient (Wildman–Crippen LogP) is 3.28. The zero-order valence-electron chi connectivity index (χ0n) is 10.5. The molecule has 1 heterocycles. The lowest BCUT2D eigenvalue weighted by Crippen LogP contribution is -2.20. The van der Waals surface area contributed by atoms with Gasteiger partial charge in [0.05, 0.1) is 5.69 Å². The van der Waals surface area contributed by atoms with Gasteiger partial charge < -0.3 is 10.8 Å². The van der Waals surface area contributed by atoms with Gasteiger partial charge >= 0.3 is 5.97 Å².